The molecule has 0 radical (unpaired) electrons. The molecule has 0 fully saturated rings. The van der Waals surface area contributed by atoms with Crippen LogP contribution in [0.15, 0.2) is 200 Å². The van der Waals surface area contributed by atoms with Crippen molar-refractivity contribution in [1.29, 1.82) is 0 Å². The first kappa shape index (κ1) is 101. The molecule has 600 valence electrons. The molecule has 0 heterocycles. The lowest BCUT2D eigenvalue weighted by Crippen LogP contribution is -2.11. The van der Waals surface area contributed by atoms with Crippen molar-refractivity contribution in [1.82, 2.24) is 0 Å². The van der Waals surface area contributed by atoms with Crippen LogP contribution in [0.3, 0.4) is 0 Å². The zero-order chi connectivity index (χ0) is 85.4. The molecule has 0 aliphatic rings. The number of alkyl halides is 12. The molecule has 0 aliphatic heterocycles. The van der Waals surface area contributed by atoms with E-state index in [0.717, 1.165) is 72.8 Å². The van der Waals surface area contributed by atoms with Crippen LogP contribution in [0, 0.1) is 147 Å². The van der Waals surface area contributed by atoms with Crippen LogP contribution in [-0.2, 0) is 24.7 Å². The average Bonchev–Trinajstić information content (AvgIpc) is 0.807. The van der Waals surface area contributed by atoms with Gasteiger partial charge in [-0.3, -0.25) is 0 Å². The summed E-state index contributed by atoms with van der Waals surface area (Å²) < 4.78 is 208. The van der Waals surface area contributed by atoms with Crippen molar-refractivity contribution in [2.75, 3.05) is 0 Å². The Labute approximate surface area is 675 Å². The quantitative estimate of drug-likeness (QED) is 0.133. The van der Waals surface area contributed by atoms with Crippen molar-refractivity contribution in [2.45, 2.75) is 142 Å². The van der Waals surface area contributed by atoms with Gasteiger partial charge in [0.1, 0.15) is 29.1 Å². The molecule has 0 aromatic heterocycles. The standard InChI is InChI=1S/C9H6F6.C9H12.C8H6ClF3.2C8H9Cl.C8H6F4.2C8H9F.C7H6Cl2.2C7H6ClF/c1-5-2-6(8(10,11)12)4-7(3-5)9(13,14)15;1-7-4-8(2)6-9(3)5-7;1-5-2-3-6(7(9)4-5)8(10,11)12;1-6-3-4-8(9)7(2)5-6;1-6-3-4-7(2)8(9)5-6;1-5-2-3-6(7(9)4-5)8(10,11)12;1-6-3-4-8(9)7(2)5-6;1-6-3-4-7(2)8(9)5-6;1-5-2-6(8)4-7(9)3-5;1-5-2-3-7(9)6(8)4-5;1-5-2-3-6(8)7(9)4-5/h2-4H,1H3;4-6H,1-3H3;2-4H,1H3;2*3-5H,1-2H3;2-4H,1H3;2*3-5H,1-2H3;3*2-4H,1H3. The molecule has 0 nitrogen and oxygen atoms in total. The summed E-state index contributed by atoms with van der Waals surface area (Å²) in [4.78, 5) is 0. The summed E-state index contributed by atoms with van der Waals surface area (Å²) in [5, 5.41) is 3.22. The first-order chi connectivity index (χ1) is 51.0. The zero-order valence-corrected chi connectivity index (χ0v) is 68.9. The molecule has 111 heavy (non-hydrogen) atoms. The van der Waals surface area contributed by atoms with Crippen LogP contribution in [0.2, 0.25) is 35.2 Å². The van der Waals surface area contributed by atoms with Gasteiger partial charge in [-0.05, 0) is 294 Å². The molecule has 0 N–H and O–H groups in total. The molecule has 11 aromatic carbocycles. The smallest absolute Gasteiger partial charge is 0.207 e. The van der Waals surface area contributed by atoms with Gasteiger partial charge in [0.2, 0.25) is 0 Å². The minimum absolute atomic E-state index is 0.0721. The van der Waals surface area contributed by atoms with Crippen LogP contribution in [-0.4, -0.2) is 0 Å². The maximum Gasteiger partial charge on any atom is 0.419 e. The van der Waals surface area contributed by atoms with E-state index in [1.165, 1.54) is 84.1 Å². The predicted octanol–water partition coefficient (Wildman–Crippen LogP) is 33.1. The largest absolute Gasteiger partial charge is 0.419 e. The maximum atomic E-state index is 12.6. The Balaban J connectivity index is 0.000000613. The first-order valence-corrected chi connectivity index (χ1v) is 35.8. The third-order valence-corrected chi connectivity index (χ3v) is 16.6. The third kappa shape index (κ3) is 42.1. The van der Waals surface area contributed by atoms with E-state index in [1.54, 1.807) is 63.2 Å². The molecule has 0 saturated carbocycles. The Morgan fingerprint density at radius 3 is 0.802 bits per heavy atom. The summed E-state index contributed by atoms with van der Waals surface area (Å²) in [6.45, 7) is 31.9. The fourth-order valence-corrected chi connectivity index (χ4v) is 10.6. The van der Waals surface area contributed by atoms with E-state index in [1.807, 2.05) is 104 Å². The molecule has 24 heteroatoms. The second-order valence-corrected chi connectivity index (χ2v) is 28.4. The van der Waals surface area contributed by atoms with E-state index < -0.39 is 52.8 Å². The Kier molecular flexibility index (Phi) is 43.5. The Morgan fingerprint density at radius 1 is 0.180 bits per heavy atom. The van der Waals surface area contributed by atoms with E-state index in [4.69, 9.17) is 81.2 Å². The molecular formula is C87H84Cl7F17. The average molecular weight is 1700 g/mol. The maximum absolute atomic E-state index is 12.6. The van der Waals surface area contributed by atoms with Crippen LogP contribution in [0.1, 0.15) is 117 Å². The summed E-state index contributed by atoms with van der Waals surface area (Å²) in [6.07, 6.45) is -18.5. The molecule has 0 amide bonds. The van der Waals surface area contributed by atoms with Crippen LogP contribution >= 0.6 is 81.2 Å². The lowest BCUT2D eigenvalue weighted by Gasteiger charge is -2.12. The highest BCUT2D eigenvalue weighted by molar-refractivity contribution is 6.35. The first-order valence-electron chi connectivity index (χ1n) is 33.1. The van der Waals surface area contributed by atoms with Crippen molar-refractivity contribution in [2.24, 2.45) is 0 Å². The third-order valence-electron chi connectivity index (χ3n) is 14.4. The molecule has 0 saturated heterocycles. The van der Waals surface area contributed by atoms with Gasteiger partial charge in [0, 0.05) is 20.1 Å². The minimum atomic E-state index is -4.76. The van der Waals surface area contributed by atoms with Gasteiger partial charge >= 0.3 is 24.7 Å². The number of halogens is 24. The van der Waals surface area contributed by atoms with Crippen LogP contribution < -0.4 is 0 Å². The van der Waals surface area contributed by atoms with Gasteiger partial charge in [0.05, 0.1) is 37.3 Å². The van der Waals surface area contributed by atoms with Gasteiger partial charge in [0.15, 0.2) is 0 Å². The fraction of sp³-hybridized carbons (Fsp3) is 0.241. The second-order valence-electron chi connectivity index (χ2n) is 25.5. The van der Waals surface area contributed by atoms with Crippen molar-refractivity contribution in [3.63, 3.8) is 0 Å². The van der Waals surface area contributed by atoms with E-state index in [9.17, 15) is 74.6 Å². The number of benzene rings is 11. The van der Waals surface area contributed by atoms with Gasteiger partial charge in [-0.15, -0.1) is 0 Å². The monoisotopic (exact) mass is 1700 g/mol. The molecule has 0 spiro atoms. The van der Waals surface area contributed by atoms with Crippen LogP contribution in [0.4, 0.5) is 74.6 Å². The number of aryl methyl sites for hydroxylation is 17. The SMILES string of the molecule is Cc1cc(C(F)(F)F)cc(C(F)(F)F)c1.Cc1cc(C)cc(C)c1.Cc1cc(Cl)cc(Cl)c1.Cc1ccc(C(F)(F)F)c(Cl)c1.Cc1ccc(C(F)(F)F)c(F)c1.Cc1ccc(C)c(Cl)c1.Cc1ccc(C)c(F)c1.Cc1ccc(Cl)c(C)c1.Cc1ccc(Cl)c(F)c1.Cc1ccc(F)c(C)c1.Cc1ccc(F)c(Cl)c1. The number of hydrogen-bond donors (Lipinski definition) is 0. The molecular weight excluding hydrogens is 1620 g/mol. The molecule has 0 atom stereocenters. The molecule has 0 bridgehead atoms. The number of hydrogen-bond acceptors (Lipinski definition) is 0. The highest BCUT2D eigenvalue weighted by Gasteiger charge is 2.37. The molecule has 11 rings (SSSR count). The van der Waals surface area contributed by atoms with E-state index in [0.29, 0.717) is 38.9 Å². The van der Waals surface area contributed by atoms with E-state index in [2.05, 4.69) is 58.0 Å². The lowest BCUT2D eigenvalue weighted by atomic mass is 10.1. The van der Waals surface area contributed by atoms with E-state index in [-0.39, 0.29) is 50.0 Å². The van der Waals surface area contributed by atoms with Gasteiger partial charge < -0.3 is 0 Å². The van der Waals surface area contributed by atoms with Crippen molar-refractivity contribution in [3.05, 3.63) is 381 Å². The zero-order valence-electron chi connectivity index (χ0n) is 63.6. The minimum Gasteiger partial charge on any atom is -0.207 e. The van der Waals surface area contributed by atoms with Crippen molar-refractivity contribution >= 4 is 81.2 Å². The summed E-state index contributed by atoms with van der Waals surface area (Å²) >= 11 is 39.2. The Hall–Kier alpha value is -7.74. The molecule has 11 aromatic rings. The van der Waals surface area contributed by atoms with Crippen LogP contribution in [0.5, 0.6) is 0 Å². The fourth-order valence-electron chi connectivity index (χ4n) is 8.89. The highest BCUT2D eigenvalue weighted by atomic mass is 35.5. The van der Waals surface area contributed by atoms with Gasteiger partial charge in [-0.2, -0.15) is 52.7 Å². The Bertz CT molecular complexity index is 4110. The highest BCUT2D eigenvalue weighted by Crippen LogP contribution is 2.38. The van der Waals surface area contributed by atoms with Gasteiger partial charge in [-0.1, -0.05) is 200 Å². The Morgan fingerprint density at radius 2 is 0.495 bits per heavy atom. The number of rotatable bonds is 0. The van der Waals surface area contributed by atoms with Gasteiger partial charge in [0.25, 0.3) is 0 Å². The summed E-state index contributed by atoms with van der Waals surface area (Å²) in [5.74, 6) is -2.17. The van der Waals surface area contributed by atoms with Gasteiger partial charge in [-0.25, -0.2) is 22.0 Å². The lowest BCUT2D eigenvalue weighted by molar-refractivity contribution is -0.143. The summed E-state index contributed by atoms with van der Waals surface area (Å²) in [5.41, 5.74) is 11.8. The van der Waals surface area contributed by atoms with Crippen molar-refractivity contribution < 1.29 is 74.6 Å². The molecule has 0 unspecified atom stereocenters. The normalized spacial score (nSPS) is 10.6. The summed E-state index contributed by atoms with van der Waals surface area (Å²) in [6, 6.07) is 51.7. The topological polar surface area (TPSA) is 0 Å². The second kappa shape index (κ2) is 47.7. The predicted molar refractivity (Wildman–Crippen MR) is 426 cm³/mol. The van der Waals surface area contributed by atoms with E-state index >= 15 is 0 Å². The summed E-state index contributed by atoms with van der Waals surface area (Å²) in [7, 11) is 0. The van der Waals surface area contributed by atoms with Crippen molar-refractivity contribution in [3.8, 4) is 0 Å². The molecule has 0 aliphatic carbocycles. The van der Waals surface area contributed by atoms with Crippen LogP contribution in [0.25, 0.3) is 0 Å².